The van der Waals surface area contributed by atoms with E-state index in [0.717, 1.165) is 44.4 Å². The zero-order chi connectivity index (χ0) is 33.9. The maximum atomic E-state index is 12.1. The van der Waals surface area contributed by atoms with Crippen molar-refractivity contribution < 1.29 is 29.3 Å². The monoisotopic (exact) mass is 647 g/mol. The average Bonchev–Trinajstić information content (AvgIpc) is 3.03. The zero-order valence-electron chi connectivity index (χ0n) is 29.8. The van der Waals surface area contributed by atoms with Gasteiger partial charge in [0.1, 0.15) is 6.61 Å². The van der Waals surface area contributed by atoms with E-state index in [1.54, 1.807) is 6.08 Å². The molecule has 0 fully saturated rings. The molecule has 266 valence electrons. The van der Waals surface area contributed by atoms with Crippen LogP contribution in [0.5, 0.6) is 0 Å². The molecule has 6 nitrogen and oxygen atoms in total. The fourth-order valence-corrected chi connectivity index (χ4v) is 5.02. The number of unbranched alkanes of at least 4 members (excludes halogenated alkanes) is 13. The molecule has 0 aromatic carbocycles. The Hall–Kier alpha value is -2.18. The van der Waals surface area contributed by atoms with Crippen LogP contribution in [0.4, 0.5) is 0 Å². The minimum absolute atomic E-state index is 0.156. The highest BCUT2D eigenvalue weighted by molar-refractivity contribution is 5.70. The van der Waals surface area contributed by atoms with Gasteiger partial charge in [0.25, 0.3) is 0 Å². The molecule has 0 amide bonds. The summed E-state index contributed by atoms with van der Waals surface area (Å²) >= 11 is 0. The number of carbonyl (C=O) groups excluding carboxylic acids is 2. The summed E-state index contributed by atoms with van der Waals surface area (Å²) in [5, 5.41) is 19.6. The molecule has 0 rings (SSSR count). The van der Waals surface area contributed by atoms with E-state index in [1.807, 2.05) is 18.2 Å². The van der Waals surface area contributed by atoms with Crippen molar-refractivity contribution in [2.75, 3.05) is 13.2 Å². The third-order valence-corrected chi connectivity index (χ3v) is 7.91. The van der Waals surface area contributed by atoms with Crippen molar-refractivity contribution in [2.24, 2.45) is 5.92 Å². The third kappa shape index (κ3) is 33.2. The van der Waals surface area contributed by atoms with Crippen LogP contribution in [0.1, 0.15) is 162 Å². The van der Waals surface area contributed by atoms with E-state index in [0.29, 0.717) is 19.3 Å². The SMILES string of the molecule is CCCCC/C=C\C/C=C\C/C=C\C=C\[C@@H](O)CCCC(=O)OC[C@H](CO)OC(=O)CCCCCCCCCCCCCC(C)C. The van der Waals surface area contributed by atoms with Crippen molar-refractivity contribution in [3.8, 4) is 0 Å². The molecule has 0 unspecified atom stereocenters. The molecule has 0 aliphatic rings. The summed E-state index contributed by atoms with van der Waals surface area (Å²) in [4.78, 5) is 24.2. The summed E-state index contributed by atoms with van der Waals surface area (Å²) in [6.07, 6.45) is 37.7. The minimum atomic E-state index is -0.844. The van der Waals surface area contributed by atoms with E-state index < -0.39 is 18.2 Å². The molecule has 6 heteroatoms. The van der Waals surface area contributed by atoms with Gasteiger partial charge in [0.15, 0.2) is 6.10 Å². The molecule has 0 spiro atoms. The maximum Gasteiger partial charge on any atom is 0.306 e. The predicted octanol–water partition coefficient (Wildman–Crippen LogP) is 10.3. The fraction of sp³-hybridized carbons (Fsp3) is 0.750. The normalized spacial score (nSPS) is 13.5. The lowest BCUT2D eigenvalue weighted by atomic mass is 10.0. The largest absolute Gasteiger partial charge is 0.462 e. The average molecular weight is 647 g/mol. The summed E-state index contributed by atoms with van der Waals surface area (Å²) in [6, 6.07) is 0. The van der Waals surface area contributed by atoms with Crippen LogP contribution in [0.3, 0.4) is 0 Å². The quantitative estimate of drug-likeness (QED) is 0.0327. The van der Waals surface area contributed by atoms with E-state index in [9.17, 15) is 19.8 Å². The van der Waals surface area contributed by atoms with E-state index in [-0.39, 0.29) is 25.6 Å². The molecule has 0 aliphatic carbocycles. The zero-order valence-corrected chi connectivity index (χ0v) is 29.8. The number of hydrogen-bond donors (Lipinski definition) is 2. The second-order valence-corrected chi connectivity index (χ2v) is 13.0. The second-order valence-electron chi connectivity index (χ2n) is 13.0. The summed E-state index contributed by atoms with van der Waals surface area (Å²) in [5.74, 6) is 0.0277. The number of aliphatic hydroxyl groups is 2. The summed E-state index contributed by atoms with van der Waals surface area (Å²) < 4.78 is 10.5. The number of esters is 2. The molecule has 0 radical (unpaired) electrons. The van der Waals surface area contributed by atoms with E-state index in [4.69, 9.17) is 9.47 Å². The summed E-state index contributed by atoms with van der Waals surface area (Å²) in [7, 11) is 0. The van der Waals surface area contributed by atoms with Gasteiger partial charge in [0.05, 0.1) is 12.7 Å². The molecule has 2 atom stereocenters. The maximum absolute atomic E-state index is 12.1. The van der Waals surface area contributed by atoms with Gasteiger partial charge in [0, 0.05) is 12.8 Å². The van der Waals surface area contributed by atoms with Gasteiger partial charge in [-0.2, -0.15) is 0 Å². The number of allylic oxidation sites excluding steroid dienone is 7. The van der Waals surface area contributed by atoms with Gasteiger partial charge < -0.3 is 19.7 Å². The number of ether oxygens (including phenoxy) is 2. The van der Waals surface area contributed by atoms with Gasteiger partial charge in [-0.05, 0) is 50.9 Å². The van der Waals surface area contributed by atoms with Gasteiger partial charge in [-0.15, -0.1) is 0 Å². The van der Waals surface area contributed by atoms with Crippen molar-refractivity contribution >= 4 is 11.9 Å². The van der Waals surface area contributed by atoms with Gasteiger partial charge >= 0.3 is 11.9 Å². The van der Waals surface area contributed by atoms with Gasteiger partial charge in [-0.1, -0.05) is 153 Å². The van der Waals surface area contributed by atoms with Crippen molar-refractivity contribution in [1.82, 2.24) is 0 Å². The van der Waals surface area contributed by atoms with Gasteiger partial charge in [0.2, 0.25) is 0 Å². The molecular weight excluding hydrogens is 576 g/mol. The minimum Gasteiger partial charge on any atom is -0.462 e. The van der Waals surface area contributed by atoms with Crippen molar-refractivity contribution in [1.29, 1.82) is 0 Å². The Bertz CT molecular complexity index is 813. The first-order valence-corrected chi connectivity index (χ1v) is 18.7. The lowest BCUT2D eigenvalue weighted by Gasteiger charge is -2.16. The fourth-order valence-electron chi connectivity index (χ4n) is 5.02. The second kappa shape index (κ2) is 34.2. The van der Waals surface area contributed by atoms with Gasteiger partial charge in [-0.3, -0.25) is 9.59 Å². The molecule has 0 aromatic heterocycles. The highest BCUT2D eigenvalue weighted by Crippen LogP contribution is 2.14. The summed E-state index contributed by atoms with van der Waals surface area (Å²) in [5.41, 5.74) is 0. The van der Waals surface area contributed by atoms with Crippen LogP contribution in [0.25, 0.3) is 0 Å². The molecule has 2 N–H and O–H groups in total. The lowest BCUT2D eigenvalue weighted by Crippen LogP contribution is -2.28. The standard InChI is InChI=1S/C40H70O6/c1-4-5-6-7-8-9-10-11-14-17-20-23-26-30-37(42)31-28-33-39(43)45-35-38(34-41)46-40(44)32-27-24-21-18-15-12-13-16-19-22-25-29-36(2)3/h8-9,11,14,20,23,26,30,36-38,41-42H,4-7,10,12-13,15-19,21-22,24-25,27-29,31-35H2,1-3H3/b9-8-,14-11-,23-20-,30-26+/t37-,38+/m1/s1. The lowest BCUT2D eigenvalue weighted by molar-refractivity contribution is -0.161. The molecule has 0 heterocycles. The Morgan fingerprint density at radius 2 is 1.24 bits per heavy atom. The first-order valence-electron chi connectivity index (χ1n) is 18.7. The van der Waals surface area contributed by atoms with Crippen LogP contribution >= 0.6 is 0 Å². The number of rotatable bonds is 32. The Morgan fingerprint density at radius 1 is 0.652 bits per heavy atom. The molecule has 0 saturated carbocycles. The van der Waals surface area contributed by atoms with E-state index in [2.05, 4.69) is 45.1 Å². The van der Waals surface area contributed by atoms with Crippen LogP contribution in [0.2, 0.25) is 0 Å². The Kier molecular flexibility index (Phi) is 32.5. The molecule has 0 aliphatic heterocycles. The molecular formula is C40H70O6. The van der Waals surface area contributed by atoms with Crippen LogP contribution in [-0.2, 0) is 19.1 Å². The van der Waals surface area contributed by atoms with Crippen LogP contribution in [-0.4, -0.2) is 47.6 Å². The molecule has 0 bridgehead atoms. The first-order chi connectivity index (χ1) is 22.4. The smallest absolute Gasteiger partial charge is 0.306 e. The van der Waals surface area contributed by atoms with E-state index in [1.165, 1.54) is 77.0 Å². The number of hydrogen-bond acceptors (Lipinski definition) is 6. The Labute approximate surface area is 282 Å². The van der Waals surface area contributed by atoms with Crippen LogP contribution in [0.15, 0.2) is 48.6 Å². The molecule has 0 saturated heterocycles. The molecule has 46 heavy (non-hydrogen) atoms. The highest BCUT2D eigenvalue weighted by Gasteiger charge is 2.16. The predicted molar refractivity (Wildman–Crippen MR) is 193 cm³/mol. The van der Waals surface area contributed by atoms with Crippen LogP contribution < -0.4 is 0 Å². The first kappa shape index (κ1) is 43.8. The van der Waals surface area contributed by atoms with Crippen molar-refractivity contribution in [3.05, 3.63) is 48.6 Å². The topological polar surface area (TPSA) is 93.1 Å². The highest BCUT2D eigenvalue weighted by atomic mass is 16.6. The third-order valence-electron chi connectivity index (χ3n) is 7.91. The number of aliphatic hydroxyl groups excluding tert-OH is 2. The van der Waals surface area contributed by atoms with Crippen LogP contribution in [0, 0.1) is 5.92 Å². The number of carbonyl (C=O) groups is 2. The summed E-state index contributed by atoms with van der Waals surface area (Å²) in [6.45, 7) is 6.26. The van der Waals surface area contributed by atoms with Crippen molar-refractivity contribution in [2.45, 2.75) is 174 Å². The van der Waals surface area contributed by atoms with Crippen molar-refractivity contribution in [3.63, 3.8) is 0 Å². The van der Waals surface area contributed by atoms with Gasteiger partial charge in [-0.25, -0.2) is 0 Å². The molecule has 0 aromatic rings. The Morgan fingerprint density at radius 3 is 1.87 bits per heavy atom. The van der Waals surface area contributed by atoms with E-state index >= 15 is 0 Å². The Balaban J connectivity index is 3.79.